The average molecular weight is 407 g/mol. The van der Waals surface area contributed by atoms with E-state index in [0.717, 1.165) is 12.5 Å². The topological polar surface area (TPSA) is 66.5 Å². The molecule has 0 bridgehead atoms. The first-order chi connectivity index (χ1) is 12.9. The Bertz CT molecular complexity index is 1080. The van der Waals surface area contributed by atoms with Crippen LogP contribution in [0.4, 0.5) is 10.1 Å². The van der Waals surface area contributed by atoms with Gasteiger partial charge in [0.2, 0.25) is 9.84 Å². The highest BCUT2D eigenvalue weighted by molar-refractivity contribution is 7.96. The average Bonchev–Trinajstić information content (AvgIpc) is 3.10. The number of hydrogen-bond acceptors (Lipinski definition) is 4. The van der Waals surface area contributed by atoms with Gasteiger partial charge < -0.3 is 10.2 Å². The molecule has 0 unspecified atom stereocenters. The summed E-state index contributed by atoms with van der Waals surface area (Å²) in [4.78, 5) is 14.1. The smallest absolute Gasteiger partial charge is 0.265 e. The minimum atomic E-state index is -4.12. The molecule has 1 amide bonds. The molecule has 0 saturated carbocycles. The Morgan fingerprint density at radius 3 is 2.78 bits per heavy atom. The molecule has 2 aromatic rings. The van der Waals surface area contributed by atoms with Gasteiger partial charge in [-0.3, -0.25) is 4.79 Å². The predicted molar refractivity (Wildman–Crippen MR) is 100 cm³/mol. The Kier molecular flexibility index (Phi) is 4.44. The molecule has 2 aliphatic rings. The van der Waals surface area contributed by atoms with Crippen LogP contribution in [0, 0.1) is 5.82 Å². The van der Waals surface area contributed by atoms with Gasteiger partial charge >= 0.3 is 0 Å². The van der Waals surface area contributed by atoms with E-state index in [2.05, 4.69) is 5.32 Å². The number of carbonyl (C=O) groups excluding carboxylic acids is 1. The molecule has 2 aromatic carbocycles. The summed E-state index contributed by atoms with van der Waals surface area (Å²) in [5, 5.41) is 3.13. The molecule has 140 valence electrons. The molecule has 0 atom stereocenters. The van der Waals surface area contributed by atoms with Crippen LogP contribution < -0.4 is 10.2 Å². The van der Waals surface area contributed by atoms with Crippen LogP contribution in [0.2, 0.25) is 5.02 Å². The quantitative estimate of drug-likeness (QED) is 0.848. The number of sulfone groups is 1. The van der Waals surface area contributed by atoms with E-state index in [4.69, 9.17) is 11.6 Å². The molecule has 1 saturated heterocycles. The first-order valence-corrected chi connectivity index (χ1v) is 10.3. The van der Waals surface area contributed by atoms with Crippen LogP contribution in [0.3, 0.4) is 0 Å². The van der Waals surface area contributed by atoms with Crippen molar-refractivity contribution in [2.24, 2.45) is 0 Å². The summed E-state index contributed by atoms with van der Waals surface area (Å²) >= 11 is 6.09. The standard InChI is InChI=1S/C19H16ClFN2O3S/c20-14-5-2-1-4-12(14)11-22-19(24)18-16-6-3-9-23(16)15-8-7-13(21)10-17(15)27(18,25)26/h1-2,4-5,7-8,10H,3,6,9,11H2,(H,22,24). The Morgan fingerprint density at radius 1 is 1.22 bits per heavy atom. The number of fused-ring (bicyclic) bond motifs is 3. The maximum absolute atomic E-state index is 13.7. The number of nitrogens with one attached hydrogen (secondary N) is 1. The molecule has 2 heterocycles. The molecule has 5 nitrogen and oxygen atoms in total. The van der Waals surface area contributed by atoms with Crippen LogP contribution in [0.25, 0.3) is 0 Å². The summed E-state index contributed by atoms with van der Waals surface area (Å²) in [5.74, 6) is -1.36. The summed E-state index contributed by atoms with van der Waals surface area (Å²) in [6, 6.07) is 10.7. The molecule has 2 aliphatic heterocycles. The SMILES string of the molecule is O=C(NCc1ccccc1Cl)C1=C2CCCN2c2ccc(F)cc2S1(=O)=O. The van der Waals surface area contributed by atoms with Crippen molar-refractivity contribution in [2.75, 3.05) is 11.4 Å². The van der Waals surface area contributed by atoms with Gasteiger partial charge in [0.25, 0.3) is 5.91 Å². The number of hydrogen-bond donors (Lipinski definition) is 1. The molecular formula is C19H16ClFN2O3S. The van der Waals surface area contributed by atoms with Crippen molar-refractivity contribution in [1.29, 1.82) is 0 Å². The minimum Gasteiger partial charge on any atom is -0.347 e. The first kappa shape index (κ1) is 18.0. The third-order valence-corrected chi connectivity index (χ3v) is 6.99. The van der Waals surface area contributed by atoms with Gasteiger partial charge in [-0.05, 0) is 42.7 Å². The van der Waals surface area contributed by atoms with Crippen LogP contribution in [0.15, 0.2) is 58.0 Å². The number of allylic oxidation sites excluding steroid dienone is 1. The minimum absolute atomic E-state index is 0.0980. The van der Waals surface area contributed by atoms with Crippen molar-refractivity contribution in [2.45, 2.75) is 24.3 Å². The van der Waals surface area contributed by atoms with Gasteiger partial charge in [0.15, 0.2) is 4.91 Å². The van der Waals surface area contributed by atoms with E-state index in [1.807, 2.05) is 0 Å². The molecule has 1 fully saturated rings. The van der Waals surface area contributed by atoms with E-state index in [9.17, 15) is 17.6 Å². The van der Waals surface area contributed by atoms with Crippen molar-refractivity contribution in [1.82, 2.24) is 5.32 Å². The van der Waals surface area contributed by atoms with E-state index < -0.39 is 21.6 Å². The second-order valence-electron chi connectivity index (χ2n) is 6.42. The second-order valence-corrected chi connectivity index (χ2v) is 8.68. The van der Waals surface area contributed by atoms with E-state index in [0.29, 0.717) is 34.9 Å². The molecule has 8 heteroatoms. The lowest BCUT2D eigenvalue weighted by Gasteiger charge is -2.30. The summed E-state index contributed by atoms with van der Waals surface area (Å²) in [6.07, 6.45) is 1.20. The number of carbonyl (C=O) groups is 1. The molecule has 0 radical (unpaired) electrons. The Morgan fingerprint density at radius 2 is 2.00 bits per heavy atom. The van der Waals surface area contributed by atoms with E-state index >= 15 is 0 Å². The fourth-order valence-corrected chi connectivity index (χ4v) is 5.50. The Labute approximate surface area is 161 Å². The van der Waals surface area contributed by atoms with Crippen LogP contribution in [-0.4, -0.2) is 20.9 Å². The second kappa shape index (κ2) is 6.65. The maximum Gasteiger partial charge on any atom is 0.265 e. The Hall–Kier alpha value is -2.38. The van der Waals surface area contributed by atoms with E-state index in [-0.39, 0.29) is 16.3 Å². The summed E-state index contributed by atoms with van der Waals surface area (Å²) in [5.41, 5.74) is 1.57. The first-order valence-electron chi connectivity index (χ1n) is 8.46. The highest BCUT2D eigenvalue weighted by atomic mass is 35.5. The zero-order valence-corrected chi connectivity index (χ0v) is 15.8. The Balaban J connectivity index is 1.73. The normalized spacial score (nSPS) is 17.5. The zero-order valence-electron chi connectivity index (χ0n) is 14.2. The number of anilines is 1. The van der Waals surface area contributed by atoms with Gasteiger partial charge in [-0.15, -0.1) is 0 Å². The number of rotatable bonds is 3. The number of amides is 1. The molecule has 0 spiro atoms. The third kappa shape index (κ3) is 3.00. The van der Waals surface area contributed by atoms with Crippen molar-refractivity contribution in [3.05, 3.63) is 69.5 Å². The van der Waals surface area contributed by atoms with Crippen LogP contribution >= 0.6 is 11.6 Å². The highest BCUT2D eigenvalue weighted by Crippen LogP contribution is 2.43. The van der Waals surface area contributed by atoms with Gasteiger partial charge in [0.1, 0.15) is 5.82 Å². The van der Waals surface area contributed by atoms with Gasteiger partial charge in [0, 0.05) is 23.8 Å². The van der Waals surface area contributed by atoms with E-state index in [1.165, 1.54) is 12.1 Å². The molecule has 1 N–H and O–H groups in total. The van der Waals surface area contributed by atoms with Gasteiger partial charge in [-0.2, -0.15) is 0 Å². The fourth-order valence-electron chi connectivity index (χ4n) is 3.52. The third-order valence-electron chi connectivity index (χ3n) is 4.76. The molecule has 0 aliphatic carbocycles. The molecule has 27 heavy (non-hydrogen) atoms. The molecule has 4 rings (SSSR count). The van der Waals surface area contributed by atoms with Crippen LogP contribution in [-0.2, 0) is 21.2 Å². The van der Waals surface area contributed by atoms with Crippen LogP contribution in [0.1, 0.15) is 18.4 Å². The van der Waals surface area contributed by atoms with Crippen molar-refractivity contribution in [3.8, 4) is 0 Å². The molecular weight excluding hydrogens is 391 g/mol. The predicted octanol–water partition coefficient (Wildman–Crippen LogP) is 3.39. The van der Waals surface area contributed by atoms with Crippen molar-refractivity contribution in [3.63, 3.8) is 0 Å². The fraction of sp³-hybridized carbons (Fsp3) is 0.211. The number of benzene rings is 2. The lowest BCUT2D eigenvalue weighted by Crippen LogP contribution is -2.35. The van der Waals surface area contributed by atoms with Crippen molar-refractivity contribution < 1.29 is 17.6 Å². The van der Waals surface area contributed by atoms with Gasteiger partial charge in [0.05, 0.1) is 10.6 Å². The van der Waals surface area contributed by atoms with Crippen molar-refractivity contribution >= 4 is 33.0 Å². The van der Waals surface area contributed by atoms with Gasteiger partial charge in [-0.1, -0.05) is 29.8 Å². The van der Waals surface area contributed by atoms with Gasteiger partial charge in [-0.25, -0.2) is 12.8 Å². The number of nitrogens with zero attached hydrogens (tertiary/aromatic N) is 1. The zero-order chi connectivity index (χ0) is 19.2. The summed E-state index contributed by atoms with van der Waals surface area (Å²) in [6.45, 7) is 0.686. The molecule has 0 aromatic heterocycles. The summed E-state index contributed by atoms with van der Waals surface area (Å²) < 4.78 is 39.9. The lowest BCUT2D eigenvalue weighted by molar-refractivity contribution is -0.117. The van der Waals surface area contributed by atoms with Crippen LogP contribution in [0.5, 0.6) is 0 Å². The highest BCUT2D eigenvalue weighted by Gasteiger charge is 2.41. The maximum atomic E-state index is 13.7. The number of halogens is 2. The summed E-state index contributed by atoms with van der Waals surface area (Å²) in [7, 11) is -4.12. The monoisotopic (exact) mass is 406 g/mol. The largest absolute Gasteiger partial charge is 0.347 e. The van der Waals surface area contributed by atoms with E-state index in [1.54, 1.807) is 29.2 Å². The lowest BCUT2D eigenvalue weighted by atomic mass is 10.2.